The second-order valence-electron chi connectivity index (χ2n) is 7.86. The lowest BCUT2D eigenvalue weighted by Crippen LogP contribution is -2.74. The van der Waals surface area contributed by atoms with E-state index in [2.05, 4.69) is 25.7 Å². The smallest absolute Gasteiger partial charge is 0.313 e. The average Bonchev–Trinajstić information content (AvgIpc) is 3.52. The Balaban J connectivity index is 0.00000241. The van der Waals surface area contributed by atoms with Gasteiger partial charge in [0.25, 0.3) is 5.91 Å². The largest absolute Gasteiger partial charge is 0.481 e. The van der Waals surface area contributed by atoms with E-state index < -0.39 is 34.8 Å². The average molecular weight is 632 g/mol. The predicted molar refractivity (Wildman–Crippen MR) is 148 cm³/mol. The lowest BCUT2D eigenvalue weighted by molar-refractivity contribution is -0.157. The van der Waals surface area contributed by atoms with Crippen molar-refractivity contribution in [2.24, 2.45) is 16.3 Å². The van der Waals surface area contributed by atoms with Crippen LogP contribution in [-0.2, 0) is 19.2 Å². The summed E-state index contributed by atoms with van der Waals surface area (Å²) in [5.74, 6) is -1.48. The lowest BCUT2D eigenvalue weighted by atomic mass is 9.89. The first kappa shape index (κ1) is 31.3. The first-order valence-electron chi connectivity index (χ1n) is 10.2. The van der Waals surface area contributed by atoms with Crippen molar-refractivity contribution in [2.45, 2.75) is 28.8 Å². The number of nitrogens with zero attached hydrogens (tertiary/aromatic N) is 5. The molecular weight excluding hydrogens is 607 g/mol. The molecule has 4 rings (SSSR count). The fraction of sp³-hybridized carbons (Fsp3) is 0.500. The van der Waals surface area contributed by atoms with E-state index in [1.807, 2.05) is 0 Å². The SMILES string of the molecule is C[C@@H](CN)ON=C(C(=O)NC1C(=O)N2CC(CSc3nncs3)(C(=O)O)CS[C@H]12)c1csc(N)n1.Cl.Cl. The number of carboxylic acid groups (broad SMARTS) is 1. The van der Waals surface area contributed by atoms with Crippen LogP contribution in [0, 0.1) is 5.41 Å². The van der Waals surface area contributed by atoms with E-state index in [0.717, 1.165) is 11.3 Å². The summed E-state index contributed by atoms with van der Waals surface area (Å²) in [5.41, 5.74) is 11.8. The Morgan fingerprint density at radius 1 is 1.43 bits per heavy atom. The summed E-state index contributed by atoms with van der Waals surface area (Å²) in [7, 11) is 0. The Bertz CT molecular complexity index is 1140. The second kappa shape index (κ2) is 13.3. The number of hydrogen-bond acceptors (Lipinski definition) is 14. The van der Waals surface area contributed by atoms with Gasteiger partial charge in [-0.1, -0.05) is 28.3 Å². The van der Waals surface area contributed by atoms with E-state index in [-0.39, 0.29) is 71.9 Å². The van der Waals surface area contributed by atoms with Crippen molar-refractivity contribution < 1.29 is 24.3 Å². The van der Waals surface area contributed by atoms with E-state index in [1.165, 1.54) is 39.8 Å². The number of carbonyl (C=O) groups is 3. The highest BCUT2D eigenvalue weighted by Crippen LogP contribution is 2.44. The Kier molecular flexibility index (Phi) is 11.2. The zero-order valence-corrected chi connectivity index (χ0v) is 24.0. The molecule has 2 amide bonds. The molecular formula is C18H24Cl2N8O5S4. The molecule has 0 radical (unpaired) electrons. The Hall–Kier alpha value is -1.89. The van der Waals surface area contributed by atoms with Crippen molar-refractivity contribution in [3.05, 3.63) is 16.6 Å². The number of nitrogen functional groups attached to an aromatic ring is 1. The van der Waals surface area contributed by atoms with Gasteiger partial charge in [-0.25, -0.2) is 4.98 Å². The number of carboxylic acids is 1. The maximum Gasteiger partial charge on any atom is 0.313 e. The number of β-lactam (4-membered cyclic amide) rings is 1. The van der Waals surface area contributed by atoms with E-state index in [0.29, 0.717) is 4.34 Å². The second-order valence-corrected chi connectivity index (χ2v) is 11.9. The summed E-state index contributed by atoms with van der Waals surface area (Å²) in [6, 6.07) is -0.830. The van der Waals surface area contributed by atoms with Gasteiger partial charge in [0.15, 0.2) is 15.2 Å². The number of nitrogens with two attached hydrogens (primary N) is 2. The molecule has 0 aliphatic carbocycles. The molecule has 0 saturated carbocycles. The summed E-state index contributed by atoms with van der Waals surface area (Å²) in [6.45, 7) is 1.92. The summed E-state index contributed by atoms with van der Waals surface area (Å²) < 4.78 is 0.665. The monoisotopic (exact) mass is 630 g/mol. The Morgan fingerprint density at radius 2 is 2.19 bits per heavy atom. The van der Waals surface area contributed by atoms with Crippen molar-refractivity contribution >= 4 is 99.6 Å². The van der Waals surface area contributed by atoms with Crippen molar-refractivity contribution in [3.8, 4) is 0 Å². The van der Waals surface area contributed by atoms with Gasteiger partial charge in [0.1, 0.15) is 34.1 Å². The van der Waals surface area contributed by atoms with Gasteiger partial charge in [-0.3, -0.25) is 14.4 Å². The number of hydrogen-bond donors (Lipinski definition) is 4. The number of aliphatic carboxylic acids is 1. The van der Waals surface area contributed by atoms with Gasteiger partial charge in [0.05, 0.1) is 0 Å². The molecule has 4 heterocycles. The third-order valence-electron chi connectivity index (χ3n) is 5.33. The number of thiazole rings is 1. The molecule has 2 unspecified atom stereocenters. The normalized spacial score (nSPS) is 23.6. The molecule has 19 heteroatoms. The zero-order valence-electron chi connectivity index (χ0n) is 19.1. The highest BCUT2D eigenvalue weighted by molar-refractivity contribution is 8.01. The molecule has 2 aliphatic rings. The van der Waals surface area contributed by atoms with Crippen molar-refractivity contribution in [3.63, 3.8) is 0 Å². The summed E-state index contributed by atoms with van der Waals surface area (Å²) in [6.07, 6.45) is -0.439. The minimum atomic E-state index is -1.14. The van der Waals surface area contributed by atoms with E-state index in [1.54, 1.807) is 17.8 Å². The molecule has 2 aromatic heterocycles. The molecule has 2 fully saturated rings. The minimum absolute atomic E-state index is 0. The molecule has 2 saturated heterocycles. The number of carbonyl (C=O) groups excluding carboxylic acids is 2. The van der Waals surface area contributed by atoms with E-state index in [4.69, 9.17) is 16.3 Å². The first-order valence-corrected chi connectivity index (χ1v) is 14.0. The van der Waals surface area contributed by atoms with Crippen LogP contribution in [0.4, 0.5) is 5.13 Å². The first-order chi connectivity index (χ1) is 16.7. The molecule has 6 N–H and O–H groups in total. The summed E-state index contributed by atoms with van der Waals surface area (Å²) >= 11 is 5.08. The number of rotatable bonds is 10. The fourth-order valence-corrected chi connectivity index (χ4v) is 7.23. The number of aromatic nitrogens is 3. The third kappa shape index (κ3) is 6.76. The van der Waals surface area contributed by atoms with Crippen LogP contribution in [0.25, 0.3) is 0 Å². The van der Waals surface area contributed by atoms with Crippen molar-refractivity contribution in [1.29, 1.82) is 0 Å². The molecule has 0 spiro atoms. The zero-order chi connectivity index (χ0) is 25.2. The standard InChI is InChI=1S/C18H22N8O5S4.2ClH/c1-8(2-19)31-25-10(9-3-32-16(20)22-9)12(27)23-11-13(28)26-4-18(15(29)30,5-33-14(11)26)6-34-17-24-21-7-35-17;;/h3,7-8,11,14H,2,4-6,19H2,1H3,(H2,20,22)(H,23,27)(H,29,30);2*1H/t8-,11?,14+,18?;;/m0../s1. The van der Waals surface area contributed by atoms with Crippen LogP contribution in [0.5, 0.6) is 0 Å². The fourth-order valence-electron chi connectivity index (χ4n) is 3.33. The number of oxime groups is 1. The lowest BCUT2D eigenvalue weighted by Gasteiger charge is -2.53. The van der Waals surface area contributed by atoms with Crippen molar-refractivity contribution in [1.82, 2.24) is 25.4 Å². The maximum atomic E-state index is 13.0. The third-order valence-corrected chi connectivity index (χ3v) is 9.74. The van der Waals surface area contributed by atoms with Gasteiger partial charge in [-0.2, -0.15) is 0 Å². The van der Waals surface area contributed by atoms with Gasteiger partial charge >= 0.3 is 5.97 Å². The molecule has 2 aliphatic heterocycles. The van der Waals surface area contributed by atoms with E-state index >= 15 is 0 Å². The molecule has 2 aromatic rings. The molecule has 0 bridgehead atoms. The highest BCUT2D eigenvalue weighted by Gasteiger charge is 2.57. The van der Waals surface area contributed by atoms with Crippen LogP contribution >= 0.6 is 71.0 Å². The van der Waals surface area contributed by atoms with Gasteiger partial charge in [0, 0.05) is 30.0 Å². The van der Waals surface area contributed by atoms with Gasteiger partial charge < -0.3 is 31.6 Å². The number of thioether (sulfide) groups is 2. The molecule has 37 heavy (non-hydrogen) atoms. The topological polar surface area (TPSA) is 199 Å². The summed E-state index contributed by atoms with van der Waals surface area (Å²) in [4.78, 5) is 48.9. The number of nitrogens with one attached hydrogen (secondary N) is 1. The van der Waals surface area contributed by atoms with E-state index in [9.17, 15) is 19.5 Å². The Labute approximate surface area is 240 Å². The van der Waals surface area contributed by atoms with Crippen LogP contribution < -0.4 is 16.8 Å². The maximum absolute atomic E-state index is 13.0. The van der Waals surface area contributed by atoms with Gasteiger partial charge in [-0.15, -0.1) is 58.1 Å². The molecule has 13 nitrogen and oxygen atoms in total. The van der Waals surface area contributed by atoms with Gasteiger partial charge in [0.2, 0.25) is 5.91 Å². The summed E-state index contributed by atoms with van der Waals surface area (Å²) in [5, 5.41) is 25.7. The van der Waals surface area contributed by atoms with Crippen LogP contribution in [-0.4, -0.2) is 90.8 Å². The minimum Gasteiger partial charge on any atom is -0.481 e. The van der Waals surface area contributed by atoms with Crippen LogP contribution in [0.1, 0.15) is 12.6 Å². The molecule has 4 atom stereocenters. The number of halogens is 2. The number of anilines is 1. The number of amides is 2. The van der Waals surface area contributed by atoms with Gasteiger partial charge in [-0.05, 0) is 6.92 Å². The predicted octanol–water partition coefficient (Wildman–Crippen LogP) is 0.751. The Morgan fingerprint density at radius 3 is 2.78 bits per heavy atom. The number of fused-ring (bicyclic) bond motifs is 1. The quantitative estimate of drug-likeness (QED) is 0.124. The van der Waals surface area contributed by atoms with Crippen LogP contribution in [0.2, 0.25) is 0 Å². The van der Waals surface area contributed by atoms with Crippen LogP contribution in [0.15, 0.2) is 20.4 Å². The molecule has 204 valence electrons. The highest BCUT2D eigenvalue weighted by atomic mass is 35.5. The molecule has 0 aromatic carbocycles. The van der Waals surface area contributed by atoms with Crippen molar-refractivity contribution in [2.75, 3.05) is 30.3 Å². The van der Waals surface area contributed by atoms with Crippen LogP contribution in [0.3, 0.4) is 0 Å².